The van der Waals surface area contributed by atoms with Crippen molar-refractivity contribution in [1.29, 1.82) is 0 Å². The molecule has 0 radical (unpaired) electrons. The number of hydrogen-bond donors (Lipinski definition) is 1. The zero-order valence-electron chi connectivity index (χ0n) is 16.5. The largest absolute Gasteiger partial charge is 0.461 e. The number of nitrogens with one attached hydrogen (secondary N) is 1. The summed E-state index contributed by atoms with van der Waals surface area (Å²) in [6.45, 7) is 0. The van der Waals surface area contributed by atoms with Crippen LogP contribution in [0.5, 0.6) is 0 Å². The van der Waals surface area contributed by atoms with Gasteiger partial charge in [-0.2, -0.15) is 0 Å². The van der Waals surface area contributed by atoms with Crippen molar-refractivity contribution in [2.75, 3.05) is 0 Å². The summed E-state index contributed by atoms with van der Waals surface area (Å²) < 4.78 is 20.8. The quantitative estimate of drug-likeness (QED) is 0.421. The molecule has 0 saturated heterocycles. The fraction of sp³-hybridized carbons (Fsp3) is 0.174. The van der Waals surface area contributed by atoms with Crippen LogP contribution in [0.3, 0.4) is 0 Å². The molecule has 1 aliphatic rings. The van der Waals surface area contributed by atoms with Gasteiger partial charge in [0.25, 0.3) is 5.91 Å². The van der Waals surface area contributed by atoms with Gasteiger partial charge in [-0.15, -0.1) is 10.2 Å². The van der Waals surface area contributed by atoms with Crippen molar-refractivity contribution in [1.82, 2.24) is 20.1 Å². The van der Waals surface area contributed by atoms with Crippen LogP contribution >= 0.6 is 11.8 Å². The van der Waals surface area contributed by atoms with Crippen LogP contribution in [0.2, 0.25) is 0 Å². The van der Waals surface area contributed by atoms with Crippen LogP contribution in [-0.4, -0.2) is 26.7 Å². The van der Waals surface area contributed by atoms with E-state index in [0.717, 1.165) is 24.1 Å². The van der Waals surface area contributed by atoms with E-state index in [4.69, 9.17) is 4.42 Å². The first-order valence-corrected chi connectivity index (χ1v) is 10.9. The Bertz CT molecular complexity index is 1200. The lowest BCUT2D eigenvalue weighted by Gasteiger charge is -2.11. The third-order valence-corrected chi connectivity index (χ3v) is 5.97. The predicted molar refractivity (Wildman–Crippen MR) is 116 cm³/mol. The number of furan rings is 1. The van der Waals surface area contributed by atoms with Crippen LogP contribution in [0.4, 0.5) is 4.39 Å². The highest BCUT2D eigenvalue weighted by atomic mass is 32.2. The van der Waals surface area contributed by atoms with Crippen molar-refractivity contribution in [3.05, 3.63) is 83.9 Å². The molecule has 8 heteroatoms. The van der Waals surface area contributed by atoms with Crippen LogP contribution in [0, 0.1) is 5.82 Å². The van der Waals surface area contributed by atoms with Gasteiger partial charge in [-0.1, -0.05) is 30.0 Å². The maximum Gasteiger partial charge on any atom is 0.251 e. The van der Waals surface area contributed by atoms with Gasteiger partial charge in [-0.25, -0.2) is 4.39 Å². The monoisotopic (exact) mass is 434 g/mol. The molecule has 6 nitrogen and oxygen atoms in total. The third kappa shape index (κ3) is 4.25. The zero-order chi connectivity index (χ0) is 21.2. The van der Waals surface area contributed by atoms with Crippen LogP contribution in [0.15, 0.2) is 76.5 Å². The molecule has 1 amide bonds. The van der Waals surface area contributed by atoms with Gasteiger partial charge in [0.2, 0.25) is 5.82 Å². The van der Waals surface area contributed by atoms with Crippen molar-refractivity contribution < 1.29 is 13.6 Å². The molecule has 0 unspecified atom stereocenters. The summed E-state index contributed by atoms with van der Waals surface area (Å²) in [5.74, 6) is 1.26. The molecule has 0 atom stereocenters. The molecule has 5 rings (SSSR count). The second kappa shape index (κ2) is 8.39. The lowest BCUT2D eigenvalue weighted by molar-refractivity contribution is 0.0950. The van der Waals surface area contributed by atoms with Crippen LogP contribution < -0.4 is 5.32 Å². The Balaban J connectivity index is 1.45. The molecule has 1 fully saturated rings. The van der Waals surface area contributed by atoms with Crippen LogP contribution in [0.25, 0.3) is 17.3 Å². The fourth-order valence-electron chi connectivity index (χ4n) is 3.25. The normalized spacial score (nSPS) is 13.3. The number of thioether (sulfide) groups is 1. The van der Waals surface area contributed by atoms with Crippen molar-refractivity contribution in [3.8, 4) is 17.3 Å². The maximum atomic E-state index is 13.5. The van der Waals surface area contributed by atoms with Gasteiger partial charge in [0, 0.05) is 17.4 Å². The summed E-state index contributed by atoms with van der Waals surface area (Å²) in [5.41, 5.74) is 2.31. The number of carbonyl (C=O) groups is 1. The highest BCUT2D eigenvalue weighted by Crippen LogP contribution is 2.31. The second-order valence-electron chi connectivity index (χ2n) is 7.29. The standard InChI is InChI=1S/C23H19FN4O2S/c24-16-7-11-18(12-8-16)28-21(20-6-3-13-30-20)26-27-23(28)31-14-15-4-1-2-5-19(15)22(29)25-17-9-10-17/h1-8,11-13,17H,9-10,14H2,(H,25,29). The van der Waals surface area contributed by atoms with E-state index >= 15 is 0 Å². The van der Waals surface area contributed by atoms with E-state index in [-0.39, 0.29) is 11.7 Å². The summed E-state index contributed by atoms with van der Waals surface area (Å²) >= 11 is 1.46. The fourth-order valence-corrected chi connectivity index (χ4v) is 4.21. The van der Waals surface area contributed by atoms with Crippen molar-refractivity contribution >= 4 is 17.7 Å². The minimum absolute atomic E-state index is 0.0463. The zero-order valence-corrected chi connectivity index (χ0v) is 17.3. The molecule has 156 valence electrons. The molecular formula is C23H19FN4O2S. The van der Waals surface area contributed by atoms with E-state index < -0.39 is 0 Å². The van der Waals surface area contributed by atoms with E-state index in [2.05, 4.69) is 15.5 Å². The van der Waals surface area contributed by atoms with Crippen molar-refractivity contribution in [3.63, 3.8) is 0 Å². The summed E-state index contributed by atoms with van der Waals surface area (Å²) in [6.07, 6.45) is 3.65. The van der Waals surface area contributed by atoms with Crippen LogP contribution in [-0.2, 0) is 5.75 Å². The highest BCUT2D eigenvalue weighted by Gasteiger charge is 2.25. The topological polar surface area (TPSA) is 73.0 Å². The van der Waals surface area contributed by atoms with Gasteiger partial charge in [0.15, 0.2) is 10.9 Å². The molecule has 1 N–H and O–H groups in total. The molecule has 2 heterocycles. The molecule has 0 aliphatic heterocycles. The number of amides is 1. The predicted octanol–water partition coefficient (Wildman–Crippen LogP) is 4.85. The summed E-state index contributed by atoms with van der Waals surface area (Å²) in [4.78, 5) is 12.6. The first-order chi connectivity index (χ1) is 15.2. The minimum atomic E-state index is -0.318. The Morgan fingerprint density at radius 2 is 1.90 bits per heavy atom. The molecule has 1 saturated carbocycles. The maximum absolute atomic E-state index is 13.5. The second-order valence-corrected chi connectivity index (χ2v) is 8.23. The Hall–Kier alpha value is -3.39. The van der Waals surface area contributed by atoms with E-state index in [1.807, 2.05) is 28.8 Å². The Labute approximate surface area is 182 Å². The summed E-state index contributed by atoms with van der Waals surface area (Å²) in [5, 5.41) is 12.3. The Morgan fingerprint density at radius 3 is 2.65 bits per heavy atom. The number of benzene rings is 2. The third-order valence-electron chi connectivity index (χ3n) is 4.99. The number of rotatable bonds is 7. The number of halogens is 1. The van der Waals surface area contributed by atoms with Gasteiger partial charge in [0.1, 0.15) is 5.82 Å². The number of aromatic nitrogens is 3. The van der Waals surface area contributed by atoms with E-state index in [0.29, 0.717) is 34.1 Å². The summed E-state index contributed by atoms with van der Waals surface area (Å²) in [6, 6.07) is 17.6. The van der Waals surface area contributed by atoms with Crippen molar-refractivity contribution in [2.24, 2.45) is 0 Å². The first-order valence-electron chi connectivity index (χ1n) is 9.96. The number of nitrogens with zero attached hydrogens (tertiary/aromatic N) is 3. The molecule has 0 spiro atoms. The Morgan fingerprint density at radius 1 is 1.10 bits per heavy atom. The van der Waals surface area contributed by atoms with Gasteiger partial charge in [-0.05, 0) is 60.9 Å². The average molecular weight is 434 g/mol. The Kier molecular flexibility index (Phi) is 5.30. The minimum Gasteiger partial charge on any atom is -0.461 e. The van der Waals surface area contributed by atoms with Gasteiger partial charge in [0.05, 0.1) is 12.0 Å². The molecule has 1 aliphatic carbocycles. The van der Waals surface area contributed by atoms with Gasteiger partial charge < -0.3 is 9.73 Å². The molecule has 2 aromatic carbocycles. The van der Waals surface area contributed by atoms with E-state index in [1.54, 1.807) is 30.5 Å². The SMILES string of the molecule is O=C(NC1CC1)c1ccccc1CSc1nnc(-c2ccco2)n1-c1ccc(F)cc1. The molecule has 4 aromatic rings. The first kappa shape index (κ1) is 19.6. The van der Waals surface area contributed by atoms with Crippen molar-refractivity contribution in [2.45, 2.75) is 29.8 Å². The lowest BCUT2D eigenvalue weighted by Crippen LogP contribution is -2.26. The summed E-state index contributed by atoms with van der Waals surface area (Å²) in [7, 11) is 0. The molecular weight excluding hydrogens is 415 g/mol. The van der Waals surface area contributed by atoms with E-state index in [1.165, 1.54) is 23.9 Å². The van der Waals surface area contributed by atoms with Gasteiger partial charge >= 0.3 is 0 Å². The lowest BCUT2D eigenvalue weighted by atomic mass is 10.1. The molecule has 31 heavy (non-hydrogen) atoms. The van der Waals surface area contributed by atoms with Gasteiger partial charge in [-0.3, -0.25) is 9.36 Å². The average Bonchev–Trinajstić information content (AvgIpc) is 3.26. The molecule has 2 aromatic heterocycles. The van der Waals surface area contributed by atoms with E-state index in [9.17, 15) is 9.18 Å². The number of hydrogen-bond acceptors (Lipinski definition) is 5. The number of carbonyl (C=O) groups excluding carboxylic acids is 1. The highest BCUT2D eigenvalue weighted by molar-refractivity contribution is 7.98. The molecule has 0 bridgehead atoms. The smallest absolute Gasteiger partial charge is 0.251 e. The van der Waals surface area contributed by atoms with Crippen LogP contribution in [0.1, 0.15) is 28.8 Å².